The average molecular weight is 395 g/mol. The summed E-state index contributed by atoms with van der Waals surface area (Å²) in [4.78, 5) is 0.0281. The maximum atomic E-state index is 12.5. The van der Waals surface area contributed by atoms with Gasteiger partial charge in [0.05, 0.1) is 31.8 Å². The number of sulfonamides is 1. The highest BCUT2D eigenvalue weighted by Gasteiger charge is 2.25. The highest BCUT2D eigenvalue weighted by atomic mass is 32.2. The van der Waals surface area contributed by atoms with Gasteiger partial charge in [-0.15, -0.1) is 0 Å². The Morgan fingerprint density at radius 1 is 0.963 bits per heavy atom. The summed E-state index contributed by atoms with van der Waals surface area (Å²) in [6, 6.07) is 11.6. The minimum atomic E-state index is -3.82. The van der Waals surface area contributed by atoms with Crippen LogP contribution in [0.2, 0.25) is 0 Å². The predicted molar refractivity (Wildman–Crippen MR) is 102 cm³/mol. The van der Waals surface area contributed by atoms with E-state index < -0.39 is 15.6 Å². The Morgan fingerprint density at radius 3 is 2.15 bits per heavy atom. The molecule has 0 spiro atoms. The third kappa shape index (κ3) is 5.59. The predicted octanol–water partition coefficient (Wildman–Crippen LogP) is 1.98. The molecule has 0 bridgehead atoms. The molecule has 148 valence electrons. The minimum absolute atomic E-state index is 0.0281. The van der Waals surface area contributed by atoms with Gasteiger partial charge in [-0.25, -0.2) is 13.1 Å². The first-order valence-electron chi connectivity index (χ1n) is 8.28. The smallest absolute Gasteiger partial charge is 0.240 e. The van der Waals surface area contributed by atoms with Crippen molar-refractivity contribution in [1.29, 1.82) is 0 Å². The van der Waals surface area contributed by atoms with Crippen LogP contribution in [0.15, 0.2) is 47.4 Å². The molecule has 0 aliphatic rings. The Hall–Kier alpha value is -2.29. The zero-order valence-electron chi connectivity index (χ0n) is 15.9. The van der Waals surface area contributed by atoms with E-state index in [0.717, 1.165) is 5.56 Å². The molecule has 0 saturated heterocycles. The fourth-order valence-electron chi connectivity index (χ4n) is 2.56. The number of aliphatic hydroxyl groups is 1. The second-order valence-electron chi connectivity index (χ2n) is 6.36. The Labute approximate surface area is 159 Å². The summed E-state index contributed by atoms with van der Waals surface area (Å²) in [7, 11) is 0.663. The minimum Gasteiger partial charge on any atom is -0.497 e. The molecule has 1 atom stereocenters. The van der Waals surface area contributed by atoms with Crippen LogP contribution in [0.4, 0.5) is 0 Å². The van der Waals surface area contributed by atoms with Crippen LogP contribution >= 0.6 is 0 Å². The first-order chi connectivity index (χ1) is 12.7. The summed E-state index contributed by atoms with van der Waals surface area (Å²) in [5.41, 5.74) is -0.399. The lowest BCUT2D eigenvalue weighted by atomic mass is 9.97. The van der Waals surface area contributed by atoms with Gasteiger partial charge in [0, 0.05) is 19.0 Å². The van der Waals surface area contributed by atoms with Crippen molar-refractivity contribution in [3.63, 3.8) is 0 Å². The van der Waals surface area contributed by atoms with Crippen LogP contribution in [0.1, 0.15) is 12.5 Å². The number of benzene rings is 2. The molecule has 2 aromatic rings. The molecular weight excluding hydrogens is 370 g/mol. The molecule has 0 heterocycles. The van der Waals surface area contributed by atoms with Crippen molar-refractivity contribution in [3.05, 3.63) is 48.0 Å². The lowest BCUT2D eigenvalue weighted by molar-refractivity contribution is 0.0657. The molecule has 27 heavy (non-hydrogen) atoms. The fraction of sp³-hybridized carbons (Fsp3) is 0.368. The van der Waals surface area contributed by atoms with Crippen molar-refractivity contribution in [2.75, 3.05) is 27.9 Å². The third-order valence-corrected chi connectivity index (χ3v) is 5.45. The molecule has 8 heteroatoms. The molecule has 1 unspecified atom stereocenters. The SMILES string of the molecule is COc1ccc(CC(C)(O)CNS(=O)(=O)c2ccc(OC)c(OC)c2)cc1. The fourth-order valence-corrected chi connectivity index (χ4v) is 3.74. The molecular formula is C19H25NO6S. The van der Waals surface area contributed by atoms with Crippen molar-refractivity contribution >= 4 is 10.0 Å². The van der Waals surface area contributed by atoms with Crippen LogP contribution in [-0.2, 0) is 16.4 Å². The first-order valence-corrected chi connectivity index (χ1v) is 9.76. The van der Waals surface area contributed by atoms with E-state index in [4.69, 9.17) is 14.2 Å². The molecule has 0 fully saturated rings. The van der Waals surface area contributed by atoms with Gasteiger partial charge in [0.25, 0.3) is 0 Å². The summed E-state index contributed by atoms with van der Waals surface area (Å²) in [5, 5.41) is 10.6. The second kappa shape index (κ2) is 8.60. The Balaban J connectivity index is 2.08. The number of hydrogen-bond acceptors (Lipinski definition) is 6. The van der Waals surface area contributed by atoms with E-state index in [9.17, 15) is 13.5 Å². The number of rotatable bonds is 9. The van der Waals surface area contributed by atoms with E-state index in [1.165, 1.54) is 32.4 Å². The van der Waals surface area contributed by atoms with Crippen molar-refractivity contribution in [2.24, 2.45) is 0 Å². The van der Waals surface area contributed by atoms with Crippen molar-refractivity contribution in [1.82, 2.24) is 4.72 Å². The van der Waals surface area contributed by atoms with Gasteiger partial charge in [-0.05, 0) is 36.8 Å². The van der Waals surface area contributed by atoms with Gasteiger partial charge >= 0.3 is 0 Å². The van der Waals surface area contributed by atoms with E-state index in [1.807, 2.05) is 12.1 Å². The number of methoxy groups -OCH3 is 3. The van der Waals surface area contributed by atoms with Gasteiger partial charge in [-0.2, -0.15) is 0 Å². The topological polar surface area (TPSA) is 94.1 Å². The zero-order valence-corrected chi connectivity index (χ0v) is 16.7. The Bertz CT molecular complexity index is 862. The van der Waals surface area contributed by atoms with Crippen LogP contribution in [-0.4, -0.2) is 47.0 Å². The lowest BCUT2D eigenvalue weighted by Crippen LogP contribution is -2.42. The molecule has 2 rings (SSSR count). The number of nitrogens with one attached hydrogen (secondary N) is 1. The van der Waals surface area contributed by atoms with Crippen LogP contribution < -0.4 is 18.9 Å². The van der Waals surface area contributed by atoms with Crippen LogP contribution in [0, 0.1) is 0 Å². The van der Waals surface area contributed by atoms with Gasteiger partial charge < -0.3 is 19.3 Å². The van der Waals surface area contributed by atoms with E-state index in [0.29, 0.717) is 17.2 Å². The van der Waals surface area contributed by atoms with Gasteiger partial charge in [-0.1, -0.05) is 12.1 Å². The summed E-state index contributed by atoms with van der Waals surface area (Å²) in [5.74, 6) is 1.46. The summed E-state index contributed by atoms with van der Waals surface area (Å²) < 4.78 is 42.9. The monoisotopic (exact) mass is 395 g/mol. The normalized spacial score (nSPS) is 13.7. The molecule has 7 nitrogen and oxygen atoms in total. The molecule has 0 amide bonds. The molecule has 0 aromatic heterocycles. The maximum absolute atomic E-state index is 12.5. The highest BCUT2D eigenvalue weighted by Crippen LogP contribution is 2.29. The molecule has 2 aromatic carbocycles. The Morgan fingerprint density at radius 2 is 1.59 bits per heavy atom. The van der Waals surface area contributed by atoms with Crippen LogP contribution in [0.5, 0.6) is 17.2 Å². The van der Waals surface area contributed by atoms with E-state index in [2.05, 4.69) is 4.72 Å². The van der Waals surface area contributed by atoms with E-state index in [1.54, 1.807) is 26.2 Å². The van der Waals surface area contributed by atoms with Gasteiger partial charge in [-0.3, -0.25) is 0 Å². The zero-order chi connectivity index (χ0) is 20.1. The van der Waals surface area contributed by atoms with Gasteiger partial charge in [0.1, 0.15) is 5.75 Å². The molecule has 0 aliphatic carbocycles. The standard InChI is InChI=1S/C19H25NO6S/c1-19(21,12-14-5-7-15(24-2)8-6-14)13-20-27(22,23)16-9-10-17(25-3)18(11-16)26-4/h5-11,20-21H,12-13H2,1-4H3. The van der Waals surface area contributed by atoms with Crippen LogP contribution in [0.25, 0.3) is 0 Å². The Kier molecular flexibility index (Phi) is 6.69. The second-order valence-corrected chi connectivity index (χ2v) is 8.13. The third-order valence-electron chi connectivity index (χ3n) is 4.05. The maximum Gasteiger partial charge on any atom is 0.240 e. The number of ether oxygens (including phenoxy) is 3. The van der Waals surface area contributed by atoms with Crippen molar-refractivity contribution in [2.45, 2.75) is 23.8 Å². The average Bonchev–Trinajstić information content (AvgIpc) is 2.66. The summed E-state index contributed by atoms with van der Waals surface area (Å²) in [6.45, 7) is 1.43. The largest absolute Gasteiger partial charge is 0.497 e. The summed E-state index contributed by atoms with van der Waals surface area (Å²) in [6.07, 6.45) is 0.283. The summed E-state index contributed by atoms with van der Waals surface area (Å²) >= 11 is 0. The van der Waals surface area contributed by atoms with E-state index in [-0.39, 0.29) is 17.9 Å². The van der Waals surface area contributed by atoms with Gasteiger partial charge in [0.15, 0.2) is 11.5 Å². The van der Waals surface area contributed by atoms with E-state index >= 15 is 0 Å². The molecule has 0 saturated carbocycles. The molecule has 2 N–H and O–H groups in total. The van der Waals surface area contributed by atoms with Crippen molar-refractivity contribution < 1.29 is 27.7 Å². The quantitative estimate of drug-likeness (QED) is 0.674. The van der Waals surface area contributed by atoms with Gasteiger partial charge in [0.2, 0.25) is 10.0 Å². The molecule has 0 aliphatic heterocycles. The first kappa shape index (κ1) is 21.0. The van der Waals surface area contributed by atoms with Crippen LogP contribution in [0.3, 0.4) is 0 Å². The highest BCUT2D eigenvalue weighted by molar-refractivity contribution is 7.89. The van der Waals surface area contributed by atoms with Crippen molar-refractivity contribution in [3.8, 4) is 17.2 Å². The number of hydrogen-bond donors (Lipinski definition) is 2. The lowest BCUT2D eigenvalue weighted by Gasteiger charge is -2.24. The molecule has 0 radical (unpaired) electrons.